The van der Waals surface area contributed by atoms with Crippen LogP contribution in [-0.2, 0) is 4.74 Å². The molecule has 4 rings (SSSR count). The Kier molecular flexibility index (Phi) is 4.81. The smallest absolute Gasteiger partial charge is 0.270 e. The number of benzene rings is 1. The van der Waals surface area contributed by atoms with Crippen molar-refractivity contribution in [3.63, 3.8) is 0 Å². The molecule has 1 aliphatic carbocycles. The normalized spacial score (nSPS) is 18.2. The standard InChI is InChI=1S/C19H24N4O2/c24-19(20-8-9-22-10-12-25-13-11-22)18-14-17(15-6-7-15)21-23(18)16-4-2-1-3-5-16/h1-5,14-15H,6-13H2,(H,20,24). The molecule has 2 fully saturated rings. The summed E-state index contributed by atoms with van der Waals surface area (Å²) in [6, 6.07) is 11.8. The van der Waals surface area contributed by atoms with Crippen molar-refractivity contribution in [2.75, 3.05) is 39.4 Å². The van der Waals surface area contributed by atoms with E-state index in [1.165, 1.54) is 12.8 Å². The van der Waals surface area contributed by atoms with Crippen LogP contribution in [0.25, 0.3) is 5.69 Å². The van der Waals surface area contributed by atoms with Gasteiger partial charge < -0.3 is 10.1 Å². The van der Waals surface area contributed by atoms with Crippen molar-refractivity contribution in [2.45, 2.75) is 18.8 Å². The maximum absolute atomic E-state index is 12.7. The van der Waals surface area contributed by atoms with Crippen molar-refractivity contribution in [3.8, 4) is 5.69 Å². The first-order chi connectivity index (χ1) is 12.3. The van der Waals surface area contributed by atoms with Crippen molar-refractivity contribution in [1.82, 2.24) is 20.0 Å². The Balaban J connectivity index is 1.45. The van der Waals surface area contributed by atoms with Crippen LogP contribution in [-0.4, -0.2) is 60.0 Å². The van der Waals surface area contributed by atoms with Crippen LogP contribution >= 0.6 is 0 Å². The van der Waals surface area contributed by atoms with E-state index < -0.39 is 0 Å². The van der Waals surface area contributed by atoms with Gasteiger partial charge in [-0.1, -0.05) is 18.2 Å². The van der Waals surface area contributed by atoms with Gasteiger partial charge in [-0.2, -0.15) is 5.10 Å². The first-order valence-corrected chi connectivity index (χ1v) is 9.05. The molecule has 1 aliphatic heterocycles. The van der Waals surface area contributed by atoms with Gasteiger partial charge in [0.1, 0.15) is 5.69 Å². The average Bonchev–Trinajstić information content (AvgIpc) is 3.41. The average molecular weight is 340 g/mol. The van der Waals surface area contributed by atoms with Crippen LogP contribution in [0.4, 0.5) is 0 Å². The predicted molar refractivity (Wildman–Crippen MR) is 95.1 cm³/mol. The quantitative estimate of drug-likeness (QED) is 0.871. The van der Waals surface area contributed by atoms with E-state index in [9.17, 15) is 4.79 Å². The molecule has 6 nitrogen and oxygen atoms in total. The second kappa shape index (κ2) is 7.37. The van der Waals surface area contributed by atoms with Crippen LogP contribution in [0, 0.1) is 0 Å². The summed E-state index contributed by atoms with van der Waals surface area (Å²) in [7, 11) is 0. The van der Waals surface area contributed by atoms with Gasteiger partial charge >= 0.3 is 0 Å². The number of carbonyl (C=O) groups is 1. The van der Waals surface area contributed by atoms with Crippen LogP contribution in [0.1, 0.15) is 34.9 Å². The molecule has 0 unspecified atom stereocenters. The topological polar surface area (TPSA) is 59.4 Å². The molecule has 2 aliphatic rings. The van der Waals surface area contributed by atoms with Crippen LogP contribution in [0.3, 0.4) is 0 Å². The Morgan fingerprint density at radius 2 is 1.96 bits per heavy atom. The van der Waals surface area contributed by atoms with Gasteiger partial charge in [0.05, 0.1) is 24.6 Å². The van der Waals surface area contributed by atoms with E-state index >= 15 is 0 Å². The SMILES string of the molecule is O=C(NCCN1CCOCC1)c1cc(C2CC2)nn1-c1ccccc1. The number of morpholine rings is 1. The molecule has 1 amide bonds. The van der Waals surface area contributed by atoms with Crippen molar-refractivity contribution in [2.24, 2.45) is 0 Å². The van der Waals surface area contributed by atoms with Crippen LogP contribution in [0.2, 0.25) is 0 Å². The minimum atomic E-state index is -0.0588. The van der Waals surface area contributed by atoms with E-state index in [4.69, 9.17) is 9.84 Å². The van der Waals surface area contributed by atoms with Crippen molar-refractivity contribution >= 4 is 5.91 Å². The highest BCUT2D eigenvalue weighted by atomic mass is 16.5. The maximum atomic E-state index is 12.7. The molecule has 0 atom stereocenters. The molecule has 0 radical (unpaired) electrons. The molecule has 1 saturated heterocycles. The third-order valence-electron chi connectivity index (χ3n) is 4.77. The highest BCUT2D eigenvalue weighted by molar-refractivity contribution is 5.93. The molecule has 2 aromatic rings. The van der Waals surface area contributed by atoms with Crippen molar-refractivity contribution in [1.29, 1.82) is 0 Å². The second-order valence-corrected chi connectivity index (χ2v) is 6.69. The molecule has 132 valence electrons. The molecule has 25 heavy (non-hydrogen) atoms. The number of carbonyl (C=O) groups excluding carboxylic acids is 1. The number of ether oxygens (including phenoxy) is 1. The summed E-state index contributed by atoms with van der Waals surface area (Å²) < 4.78 is 7.13. The molecule has 6 heteroatoms. The third-order valence-corrected chi connectivity index (χ3v) is 4.77. The number of hydrogen-bond acceptors (Lipinski definition) is 4. The number of para-hydroxylation sites is 1. The molecule has 1 aromatic heterocycles. The van der Waals surface area contributed by atoms with Gasteiger partial charge in [-0.25, -0.2) is 4.68 Å². The Hall–Kier alpha value is -2.18. The largest absolute Gasteiger partial charge is 0.379 e. The van der Waals surface area contributed by atoms with Gasteiger partial charge in [-0.3, -0.25) is 9.69 Å². The zero-order valence-electron chi connectivity index (χ0n) is 14.4. The fourth-order valence-electron chi connectivity index (χ4n) is 3.15. The summed E-state index contributed by atoms with van der Waals surface area (Å²) in [6.45, 7) is 4.91. The molecular formula is C19H24N4O2. The first kappa shape index (κ1) is 16.3. The van der Waals surface area contributed by atoms with E-state index in [2.05, 4.69) is 10.2 Å². The maximum Gasteiger partial charge on any atom is 0.270 e. The lowest BCUT2D eigenvalue weighted by atomic mass is 10.2. The number of aromatic nitrogens is 2. The molecule has 0 bridgehead atoms. The van der Waals surface area contributed by atoms with E-state index in [0.29, 0.717) is 18.2 Å². The van der Waals surface area contributed by atoms with Crippen LogP contribution < -0.4 is 5.32 Å². The Morgan fingerprint density at radius 1 is 1.20 bits per heavy atom. The predicted octanol–water partition coefficient (Wildman–Crippen LogP) is 1.81. The lowest BCUT2D eigenvalue weighted by molar-refractivity contribution is 0.0383. The minimum absolute atomic E-state index is 0.0588. The fraction of sp³-hybridized carbons (Fsp3) is 0.474. The highest BCUT2D eigenvalue weighted by Crippen LogP contribution is 2.39. The Bertz CT molecular complexity index is 718. The Labute approximate surface area is 147 Å². The third kappa shape index (κ3) is 3.91. The lowest BCUT2D eigenvalue weighted by Crippen LogP contribution is -2.41. The number of nitrogens with zero attached hydrogens (tertiary/aromatic N) is 3. The molecule has 1 saturated carbocycles. The highest BCUT2D eigenvalue weighted by Gasteiger charge is 2.29. The van der Waals surface area contributed by atoms with Crippen LogP contribution in [0.15, 0.2) is 36.4 Å². The number of hydrogen-bond donors (Lipinski definition) is 1. The molecule has 1 aromatic carbocycles. The van der Waals surface area contributed by atoms with E-state index in [-0.39, 0.29) is 5.91 Å². The van der Waals surface area contributed by atoms with Gasteiger partial charge in [0.2, 0.25) is 0 Å². The summed E-state index contributed by atoms with van der Waals surface area (Å²) in [5.74, 6) is 0.460. The summed E-state index contributed by atoms with van der Waals surface area (Å²) in [5, 5.41) is 7.74. The summed E-state index contributed by atoms with van der Waals surface area (Å²) in [5.41, 5.74) is 2.57. The van der Waals surface area contributed by atoms with Gasteiger partial charge in [0, 0.05) is 32.1 Å². The zero-order valence-corrected chi connectivity index (χ0v) is 14.4. The number of rotatable bonds is 6. The summed E-state index contributed by atoms with van der Waals surface area (Å²) >= 11 is 0. The van der Waals surface area contributed by atoms with Gasteiger partial charge in [0.15, 0.2) is 0 Å². The second-order valence-electron chi connectivity index (χ2n) is 6.69. The van der Waals surface area contributed by atoms with Gasteiger partial charge in [-0.05, 0) is 31.0 Å². The Morgan fingerprint density at radius 3 is 2.68 bits per heavy atom. The molecule has 0 spiro atoms. The van der Waals surface area contributed by atoms with Gasteiger partial charge in [-0.15, -0.1) is 0 Å². The first-order valence-electron chi connectivity index (χ1n) is 9.05. The number of amides is 1. The zero-order chi connectivity index (χ0) is 17.1. The van der Waals surface area contributed by atoms with Crippen molar-refractivity contribution in [3.05, 3.63) is 47.8 Å². The van der Waals surface area contributed by atoms with Crippen LogP contribution in [0.5, 0.6) is 0 Å². The van der Waals surface area contributed by atoms with E-state index in [1.54, 1.807) is 4.68 Å². The van der Waals surface area contributed by atoms with Gasteiger partial charge in [0.25, 0.3) is 5.91 Å². The summed E-state index contributed by atoms with van der Waals surface area (Å²) in [6.07, 6.45) is 2.34. The fourth-order valence-corrected chi connectivity index (χ4v) is 3.15. The minimum Gasteiger partial charge on any atom is -0.379 e. The van der Waals surface area contributed by atoms with E-state index in [0.717, 1.165) is 44.2 Å². The lowest BCUT2D eigenvalue weighted by Gasteiger charge is -2.26. The van der Waals surface area contributed by atoms with Crippen molar-refractivity contribution < 1.29 is 9.53 Å². The molecular weight excluding hydrogens is 316 g/mol. The summed E-state index contributed by atoms with van der Waals surface area (Å²) in [4.78, 5) is 15.0. The van der Waals surface area contributed by atoms with E-state index in [1.807, 2.05) is 36.4 Å². The number of nitrogens with one attached hydrogen (secondary N) is 1. The monoisotopic (exact) mass is 340 g/mol. The molecule has 1 N–H and O–H groups in total. The molecule has 2 heterocycles.